The van der Waals surface area contributed by atoms with Crippen molar-refractivity contribution in [1.82, 2.24) is 0 Å². The summed E-state index contributed by atoms with van der Waals surface area (Å²) in [5.41, 5.74) is 1.23. The standard InChI is InChI=1S/C7H7OS/c1-6-4-7(2-3-8)9-5-6/h4-5H,2H2,1H3. The van der Waals surface area contributed by atoms with E-state index >= 15 is 0 Å². The second-order valence-corrected chi connectivity index (χ2v) is 2.91. The number of thiophene rings is 1. The van der Waals surface area contributed by atoms with Crippen LogP contribution in [0.1, 0.15) is 10.4 Å². The first-order chi connectivity index (χ1) is 4.33. The summed E-state index contributed by atoms with van der Waals surface area (Å²) in [5, 5.41) is 2.03. The van der Waals surface area contributed by atoms with Gasteiger partial charge in [-0.15, -0.1) is 11.3 Å². The number of aryl methyl sites for hydroxylation is 1. The molecule has 1 nitrogen and oxygen atoms in total. The molecule has 0 aliphatic heterocycles. The summed E-state index contributed by atoms with van der Waals surface area (Å²) in [5.74, 6) is 0. The van der Waals surface area contributed by atoms with E-state index in [2.05, 4.69) is 0 Å². The first-order valence-electron chi connectivity index (χ1n) is 2.72. The van der Waals surface area contributed by atoms with Crippen LogP contribution < -0.4 is 0 Å². The van der Waals surface area contributed by atoms with Gasteiger partial charge in [0.05, 0.1) is 0 Å². The maximum absolute atomic E-state index is 9.87. The molecule has 0 aromatic carbocycles. The van der Waals surface area contributed by atoms with E-state index in [1.807, 2.05) is 24.7 Å². The molecular formula is C7H7OS. The Morgan fingerprint density at radius 1 is 1.78 bits per heavy atom. The highest BCUT2D eigenvalue weighted by Gasteiger charge is 1.93. The Kier molecular flexibility index (Phi) is 2.01. The summed E-state index contributed by atoms with van der Waals surface area (Å²) >= 11 is 1.61. The average molecular weight is 139 g/mol. The van der Waals surface area contributed by atoms with Gasteiger partial charge in [-0.05, 0) is 23.9 Å². The van der Waals surface area contributed by atoms with E-state index in [0.29, 0.717) is 6.42 Å². The molecule has 1 radical (unpaired) electrons. The Morgan fingerprint density at radius 2 is 2.56 bits per heavy atom. The van der Waals surface area contributed by atoms with Crippen LogP contribution in [0, 0.1) is 6.92 Å². The molecular weight excluding hydrogens is 132 g/mol. The summed E-state index contributed by atoms with van der Waals surface area (Å²) in [6.07, 6.45) is 2.30. The number of hydrogen-bond acceptors (Lipinski definition) is 2. The zero-order chi connectivity index (χ0) is 6.69. The third kappa shape index (κ3) is 1.64. The van der Waals surface area contributed by atoms with Crippen molar-refractivity contribution in [2.24, 2.45) is 0 Å². The Morgan fingerprint density at radius 3 is 3.00 bits per heavy atom. The van der Waals surface area contributed by atoms with Gasteiger partial charge in [0.1, 0.15) is 0 Å². The number of hydrogen-bond donors (Lipinski definition) is 0. The fourth-order valence-corrected chi connectivity index (χ4v) is 1.46. The van der Waals surface area contributed by atoms with Crippen molar-refractivity contribution >= 4 is 17.6 Å². The zero-order valence-electron chi connectivity index (χ0n) is 5.18. The maximum atomic E-state index is 9.87. The first-order valence-corrected chi connectivity index (χ1v) is 3.60. The summed E-state index contributed by atoms with van der Waals surface area (Å²) in [7, 11) is 0. The normalized spacial score (nSPS) is 9.44. The summed E-state index contributed by atoms with van der Waals surface area (Å²) in [4.78, 5) is 11.0. The lowest BCUT2D eigenvalue weighted by Gasteiger charge is -1.78. The van der Waals surface area contributed by atoms with Crippen molar-refractivity contribution in [3.05, 3.63) is 21.9 Å². The Labute approximate surface area is 58.3 Å². The van der Waals surface area contributed by atoms with Gasteiger partial charge >= 0.3 is 0 Å². The Balaban J connectivity index is 2.72. The topological polar surface area (TPSA) is 17.1 Å². The molecule has 0 spiro atoms. The molecule has 0 atom stereocenters. The minimum Gasteiger partial charge on any atom is -0.290 e. The molecule has 1 heterocycles. The fourth-order valence-electron chi connectivity index (χ4n) is 0.654. The number of rotatable bonds is 2. The van der Waals surface area contributed by atoms with Crippen molar-refractivity contribution in [2.75, 3.05) is 0 Å². The van der Waals surface area contributed by atoms with Crippen LogP contribution in [0.5, 0.6) is 0 Å². The average Bonchev–Trinajstić information content (AvgIpc) is 2.17. The lowest BCUT2D eigenvalue weighted by atomic mass is 10.3. The summed E-state index contributed by atoms with van der Waals surface area (Å²) in [6.45, 7) is 2.02. The second kappa shape index (κ2) is 2.78. The molecule has 0 aliphatic rings. The van der Waals surface area contributed by atoms with Gasteiger partial charge in [-0.2, -0.15) is 0 Å². The van der Waals surface area contributed by atoms with Gasteiger partial charge in [0.2, 0.25) is 6.29 Å². The molecule has 2 heteroatoms. The molecule has 0 saturated heterocycles. The van der Waals surface area contributed by atoms with E-state index in [-0.39, 0.29) is 0 Å². The molecule has 0 unspecified atom stereocenters. The predicted octanol–water partition coefficient (Wildman–Crippen LogP) is 1.71. The molecule has 1 rings (SSSR count). The minimum atomic E-state index is 0.443. The third-order valence-corrected chi connectivity index (χ3v) is 2.09. The van der Waals surface area contributed by atoms with Crippen LogP contribution >= 0.6 is 11.3 Å². The highest BCUT2D eigenvalue weighted by molar-refractivity contribution is 7.10. The minimum absolute atomic E-state index is 0.443. The molecule has 9 heavy (non-hydrogen) atoms. The summed E-state index contributed by atoms with van der Waals surface area (Å²) < 4.78 is 0. The van der Waals surface area contributed by atoms with Crippen molar-refractivity contribution in [3.63, 3.8) is 0 Å². The third-order valence-electron chi connectivity index (χ3n) is 1.03. The van der Waals surface area contributed by atoms with E-state index in [9.17, 15) is 4.79 Å². The van der Waals surface area contributed by atoms with E-state index < -0.39 is 0 Å². The monoisotopic (exact) mass is 139 g/mol. The molecule has 0 saturated carbocycles. The van der Waals surface area contributed by atoms with Crippen LogP contribution in [0.15, 0.2) is 11.4 Å². The molecule has 0 N–H and O–H groups in total. The second-order valence-electron chi connectivity index (χ2n) is 1.91. The highest BCUT2D eigenvalue weighted by atomic mass is 32.1. The lowest BCUT2D eigenvalue weighted by molar-refractivity contribution is 0.555. The lowest BCUT2D eigenvalue weighted by Crippen LogP contribution is -1.76. The van der Waals surface area contributed by atoms with Gasteiger partial charge < -0.3 is 0 Å². The van der Waals surface area contributed by atoms with Crippen LogP contribution in [-0.2, 0) is 11.2 Å². The first kappa shape index (κ1) is 6.49. The van der Waals surface area contributed by atoms with Crippen LogP contribution in [0.25, 0.3) is 0 Å². The molecule has 1 aromatic heterocycles. The molecule has 47 valence electrons. The molecule has 0 fully saturated rings. The van der Waals surface area contributed by atoms with Crippen LogP contribution in [-0.4, -0.2) is 6.29 Å². The van der Waals surface area contributed by atoms with Crippen LogP contribution in [0.4, 0.5) is 0 Å². The van der Waals surface area contributed by atoms with Crippen LogP contribution in [0.2, 0.25) is 0 Å². The highest BCUT2D eigenvalue weighted by Crippen LogP contribution is 2.12. The molecule has 0 bridgehead atoms. The van der Waals surface area contributed by atoms with Gasteiger partial charge in [-0.1, -0.05) is 0 Å². The quantitative estimate of drug-likeness (QED) is 0.609. The Hall–Kier alpha value is -0.630. The van der Waals surface area contributed by atoms with E-state index in [0.717, 1.165) is 4.88 Å². The van der Waals surface area contributed by atoms with Crippen molar-refractivity contribution in [1.29, 1.82) is 0 Å². The van der Waals surface area contributed by atoms with Gasteiger partial charge in [-0.25, -0.2) is 0 Å². The van der Waals surface area contributed by atoms with E-state index in [4.69, 9.17) is 0 Å². The van der Waals surface area contributed by atoms with Gasteiger partial charge in [0.25, 0.3) is 0 Å². The van der Waals surface area contributed by atoms with Crippen molar-refractivity contribution in [3.8, 4) is 0 Å². The fraction of sp³-hybridized carbons (Fsp3) is 0.286. The van der Waals surface area contributed by atoms with Gasteiger partial charge in [-0.3, -0.25) is 4.79 Å². The maximum Gasteiger partial charge on any atom is 0.203 e. The van der Waals surface area contributed by atoms with Gasteiger partial charge in [0, 0.05) is 11.3 Å². The summed E-state index contributed by atoms with van der Waals surface area (Å²) in [6, 6.07) is 2.01. The van der Waals surface area contributed by atoms with E-state index in [1.165, 1.54) is 5.56 Å². The Bertz CT molecular complexity index is 202. The largest absolute Gasteiger partial charge is 0.290 e. The molecule has 0 amide bonds. The number of carbonyl (C=O) groups excluding carboxylic acids is 1. The van der Waals surface area contributed by atoms with Crippen LogP contribution in [0.3, 0.4) is 0 Å². The predicted molar refractivity (Wildman–Crippen MR) is 38.5 cm³/mol. The van der Waals surface area contributed by atoms with Gasteiger partial charge in [0.15, 0.2) is 0 Å². The van der Waals surface area contributed by atoms with Crippen molar-refractivity contribution < 1.29 is 4.79 Å². The molecule has 0 aliphatic carbocycles. The molecule has 1 aromatic rings. The van der Waals surface area contributed by atoms with Crippen molar-refractivity contribution in [2.45, 2.75) is 13.3 Å². The zero-order valence-corrected chi connectivity index (χ0v) is 5.99. The van der Waals surface area contributed by atoms with E-state index in [1.54, 1.807) is 11.3 Å². The SMILES string of the molecule is Cc1csc(C[C]=O)c1. The smallest absolute Gasteiger partial charge is 0.203 e.